The Hall–Kier alpha value is -3.60. The van der Waals surface area contributed by atoms with Gasteiger partial charge in [0.15, 0.2) is 5.43 Å². The maximum absolute atomic E-state index is 12.9. The highest BCUT2D eigenvalue weighted by Crippen LogP contribution is 2.26. The molecular formula is C24H22N2O3. The number of para-hydroxylation sites is 2. The van der Waals surface area contributed by atoms with E-state index < -0.39 is 0 Å². The number of pyridine rings is 1. The molecule has 0 atom stereocenters. The van der Waals surface area contributed by atoms with Gasteiger partial charge in [0.2, 0.25) is 5.91 Å². The van der Waals surface area contributed by atoms with Crippen molar-refractivity contribution in [3.8, 4) is 5.75 Å². The van der Waals surface area contributed by atoms with Crippen LogP contribution in [0.5, 0.6) is 5.75 Å². The molecule has 0 saturated heterocycles. The minimum atomic E-state index is -0.186. The Kier molecular flexibility index (Phi) is 5.04. The molecule has 0 bridgehead atoms. The quantitative estimate of drug-likeness (QED) is 0.514. The first-order valence-electron chi connectivity index (χ1n) is 9.62. The van der Waals surface area contributed by atoms with Crippen molar-refractivity contribution in [1.29, 1.82) is 0 Å². The number of ether oxygens (including phenoxy) is 1. The minimum Gasteiger partial charge on any atom is -0.492 e. The van der Waals surface area contributed by atoms with Gasteiger partial charge in [-0.25, -0.2) is 0 Å². The predicted octanol–water partition coefficient (Wildman–Crippen LogP) is 4.50. The number of hydrogen-bond acceptors (Lipinski definition) is 3. The van der Waals surface area contributed by atoms with Crippen LogP contribution in [-0.2, 0) is 11.3 Å². The van der Waals surface area contributed by atoms with Crippen LogP contribution in [-0.4, -0.2) is 17.1 Å². The fourth-order valence-corrected chi connectivity index (χ4v) is 3.59. The van der Waals surface area contributed by atoms with Crippen LogP contribution in [0, 0.1) is 6.92 Å². The molecule has 0 aliphatic heterocycles. The maximum atomic E-state index is 12.9. The Balaban J connectivity index is 1.75. The van der Waals surface area contributed by atoms with Crippen LogP contribution in [0.1, 0.15) is 12.5 Å². The molecule has 0 aliphatic carbocycles. The standard InChI is InChI=1S/C24H22N2O3/c1-3-29-22-14-16(2)12-13-19(22)25-23(27)15-26-20-10-6-4-8-17(20)24(28)18-9-5-7-11-21(18)26/h4-14H,3,15H2,1-2H3,(H,25,27). The summed E-state index contributed by atoms with van der Waals surface area (Å²) in [5.41, 5.74) is 3.14. The average molecular weight is 386 g/mol. The number of carbonyl (C=O) groups excluding carboxylic acids is 1. The van der Waals surface area contributed by atoms with Crippen molar-refractivity contribution in [2.24, 2.45) is 0 Å². The molecule has 0 fully saturated rings. The Morgan fingerprint density at radius 3 is 2.21 bits per heavy atom. The monoisotopic (exact) mass is 386 g/mol. The second kappa shape index (κ2) is 7.80. The lowest BCUT2D eigenvalue weighted by molar-refractivity contribution is -0.116. The van der Waals surface area contributed by atoms with Crippen molar-refractivity contribution in [2.75, 3.05) is 11.9 Å². The molecule has 146 valence electrons. The van der Waals surface area contributed by atoms with E-state index in [9.17, 15) is 9.59 Å². The van der Waals surface area contributed by atoms with Gasteiger partial charge in [0.25, 0.3) is 0 Å². The zero-order chi connectivity index (χ0) is 20.4. The van der Waals surface area contributed by atoms with Gasteiger partial charge in [-0.2, -0.15) is 0 Å². The summed E-state index contributed by atoms with van der Waals surface area (Å²) in [6.07, 6.45) is 0. The van der Waals surface area contributed by atoms with Gasteiger partial charge >= 0.3 is 0 Å². The summed E-state index contributed by atoms with van der Waals surface area (Å²) >= 11 is 0. The number of benzene rings is 3. The van der Waals surface area contributed by atoms with E-state index in [-0.39, 0.29) is 17.9 Å². The fraction of sp³-hybridized carbons (Fsp3) is 0.167. The van der Waals surface area contributed by atoms with Gasteiger partial charge in [0, 0.05) is 10.8 Å². The molecule has 4 aromatic rings. The Morgan fingerprint density at radius 1 is 0.966 bits per heavy atom. The van der Waals surface area contributed by atoms with E-state index in [1.807, 2.05) is 73.0 Å². The average Bonchev–Trinajstić information content (AvgIpc) is 2.73. The highest BCUT2D eigenvalue weighted by molar-refractivity contribution is 5.97. The number of aryl methyl sites for hydroxylation is 1. The highest BCUT2D eigenvalue weighted by Gasteiger charge is 2.14. The molecule has 0 saturated carbocycles. The predicted molar refractivity (Wildman–Crippen MR) is 117 cm³/mol. The van der Waals surface area contributed by atoms with Crippen molar-refractivity contribution in [3.05, 3.63) is 82.5 Å². The largest absolute Gasteiger partial charge is 0.492 e. The molecule has 1 N–H and O–H groups in total. The summed E-state index contributed by atoms with van der Waals surface area (Å²) in [5.74, 6) is 0.462. The SMILES string of the molecule is CCOc1cc(C)ccc1NC(=O)Cn1c2ccccc2c(=O)c2ccccc21. The van der Waals surface area contributed by atoms with E-state index in [1.165, 1.54) is 0 Å². The molecule has 1 aromatic heterocycles. The summed E-state index contributed by atoms with van der Waals surface area (Å²) in [4.78, 5) is 25.8. The second-order valence-corrected chi connectivity index (χ2v) is 6.93. The smallest absolute Gasteiger partial charge is 0.244 e. The van der Waals surface area contributed by atoms with Gasteiger partial charge in [0.05, 0.1) is 23.3 Å². The zero-order valence-corrected chi connectivity index (χ0v) is 16.4. The number of amides is 1. The summed E-state index contributed by atoms with van der Waals surface area (Å²) in [7, 11) is 0. The molecule has 0 spiro atoms. The molecule has 1 amide bonds. The number of fused-ring (bicyclic) bond motifs is 2. The first kappa shape index (κ1) is 18.7. The van der Waals surface area contributed by atoms with Crippen molar-refractivity contribution >= 4 is 33.4 Å². The number of nitrogens with zero attached hydrogens (tertiary/aromatic N) is 1. The van der Waals surface area contributed by atoms with Gasteiger partial charge in [-0.15, -0.1) is 0 Å². The van der Waals surface area contributed by atoms with Gasteiger partial charge < -0.3 is 14.6 Å². The van der Waals surface area contributed by atoms with Crippen LogP contribution in [0.2, 0.25) is 0 Å². The zero-order valence-electron chi connectivity index (χ0n) is 16.4. The third-order valence-corrected chi connectivity index (χ3v) is 4.89. The van der Waals surface area contributed by atoms with E-state index in [2.05, 4.69) is 5.32 Å². The van der Waals surface area contributed by atoms with E-state index in [4.69, 9.17) is 4.74 Å². The summed E-state index contributed by atoms with van der Waals surface area (Å²) in [5, 5.41) is 4.15. The van der Waals surface area contributed by atoms with Crippen LogP contribution >= 0.6 is 0 Å². The molecule has 5 nitrogen and oxygen atoms in total. The summed E-state index contributed by atoms with van der Waals surface area (Å²) in [6, 6.07) is 20.4. The second-order valence-electron chi connectivity index (χ2n) is 6.93. The molecule has 29 heavy (non-hydrogen) atoms. The highest BCUT2D eigenvalue weighted by atomic mass is 16.5. The first-order chi connectivity index (χ1) is 14.1. The molecule has 4 rings (SSSR count). The van der Waals surface area contributed by atoms with E-state index >= 15 is 0 Å². The van der Waals surface area contributed by atoms with Crippen LogP contribution in [0.25, 0.3) is 21.8 Å². The van der Waals surface area contributed by atoms with E-state index in [0.29, 0.717) is 28.8 Å². The third kappa shape index (κ3) is 3.59. The van der Waals surface area contributed by atoms with Crippen LogP contribution in [0.15, 0.2) is 71.5 Å². The number of hydrogen-bond donors (Lipinski definition) is 1. The number of anilines is 1. The molecule has 1 heterocycles. The molecular weight excluding hydrogens is 364 g/mol. The molecule has 3 aromatic carbocycles. The number of nitrogens with one attached hydrogen (secondary N) is 1. The topological polar surface area (TPSA) is 60.3 Å². The maximum Gasteiger partial charge on any atom is 0.244 e. The lowest BCUT2D eigenvalue weighted by Gasteiger charge is -2.16. The van der Waals surface area contributed by atoms with E-state index in [1.54, 1.807) is 12.1 Å². The molecule has 0 radical (unpaired) electrons. The van der Waals surface area contributed by atoms with Crippen molar-refractivity contribution in [3.63, 3.8) is 0 Å². The van der Waals surface area contributed by atoms with Crippen molar-refractivity contribution in [1.82, 2.24) is 4.57 Å². The van der Waals surface area contributed by atoms with Gasteiger partial charge in [-0.3, -0.25) is 9.59 Å². The number of rotatable bonds is 5. The Labute approximate surface area is 168 Å². The Bertz CT molecular complexity index is 1210. The summed E-state index contributed by atoms with van der Waals surface area (Å²) in [6.45, 7) is 4.49. The number of aromatic nitrogens is 1. The normalized spacial score (nSPS) is 11.0. The molecule has 5 heteroatoms. The van der Waals surface area contributed by atoms with Crippen molar-refractivity contribution < 1.29 is 9.53 Å². The number of carbonyl (C=O) groups is 1. The van der Waals surface area contributed by atoms with Gasteiger partial charge in [0.1, 0.15) is 12.3 Å². The summed E-state index contributed by atoms with van der Waals surface area (Å²) < 4.78 is 7.55. The van der Waals surface area contributed by atoms with E-state index in [0.717, 1.165) is 16.6 Å². The van der Waals surface area contributed by atoms with Crippen LogP contribution in [0.3, 0.4) is 0 Å². The molecule has 0 unspecified atom stereocenters. The van der Waals surface area contributed by atoms with Gasteiger partial charge in [-0.1, -0.05) is 30.3 Å². The molecule has 0 aliphatic rings. The lowest BCUT2D eigenvalue weighted by atomic mass is 10.1. The third-order valence-electron chi connectivity index (χ3n) is 4.89. The fourth-order valence-electron chi connectivity index (χ4n) is 3.59. The van der Waals surface area contributed by atoms with Crippen LogP contribution in [0.4, 0.5) is 5.69 Å². The Morgan fingerprint density at radius 2 is 1.59 bits per heavy atom. The minimum absolute atomic E-state index is 0.0231. The lowest BCUT2D eigenvalue weighted by Crippen LogP contribution is -2.22. The van der Waals surface area contributed by atoms with Gasteiger partial charge in [-0.05, 0) is 55.8 Å². The first-order valence-corrected chi connectivity index (χ1v) is 9.62. The van der Waals surface area contributed by atoms with Crippen molar-refractivity contribution in [2.45, 2.75) is 20.4 Å². The van der Waals surface area contributed by atoms with Crippen LogP contribution < -0.4 is 15.5 Å².